The molecule has 0 bridgehead atoms. The van der Waals surface area contributed by atoms with Gasteiger partial charge in [-0.15, -0.1) is 0 Å². The van der Waals surface area contributed by atoms with Crippen LogP contribution in [0.1, 0.15) is 26.3 Å². The summed E-state index contributed by atoms with van der Waals surface area (Å²) in [5, 5.41) is 0.981. The summed E-state index contributed by atoms with van der Waals surface area (Å²) in [6.07, 6.45) is 1.76. The van der Waals surface area contributed by atoms with Crippen molar-refractivity contribution < 1.29 is 8.42 Å². The van der Waals surface area contributed by atoms with Crippen LogP contribution < -0.4 is 0 Å². The third kappa shape index (κ3) is 2.33. The van der Waals surface area contributed by atoms with Crippen LogP contribution in [-0.4, -0.2) is 12.4 Å². The highest BCUT2D eigenvalue weighted by atomic mass is 32.2. The second-order valence-electron chi connectivity index (χ2n) is 6.42. The number of nitrogens with zero attached hydrogens (tertiary/aromatic N) is 1. The molecule has 0 saturated carbocycles. The molecule has 0 saturated heterocycles. The minimum atomic E-state index is -3.59. The molecule has 0 unspecified atom stereocenters. The minimum Gasteiger partial charge on any atom is -0.241 e. The van der Waals surface area contributed by atoms with E-state index in [1.807, 2.05) is 30.3 Å². The van der Waals surface area contributed by atoms with E-state index >= 15 is 0 Å². The quantitative estimate of drug-likeness (QED) is 0.712. The predicted octanol–water partition coefficient (Wildman–Crippen LogP) is 4.18. The number of rotatable bonds is 2. The molecule has 1 heterocycles. The molecule has 3 rings (SSSR count). The predicted molar refractivity (Wildman–Crippen MR) is 89.7 cm³/mol. The van der Waals surface area contributed by atoms with Crippen molar-refractivity contribution in [1.82, 2.24) is 3.97 Å². The number of hydrogen-bond acceptors (Lipinski definition) is 2. The first-order valence-corrected chi connectivity index (χ1v) is 8.67. The lowest BCUT2D eigenvalue weighted by Crippen LogP contribution is -2.13. The van der Waals surface area contributed by atoms with E-state index in [-0.39, 0.29) is 5.41 Å². The molecule has 2 aromatic carbocycles. The maximum atomic E-state index is 13.0. The SMILES string of the molecule is CC(C)(C)c1cn(S(=O)(=O)c2ccccc2)c2ccccc12. The van der Waals surface area contributed by atoms with E-state index in [9.17, 15) is 8.42 Å². The van der Waals surface area contributed by atoms with Crippen LogP contribution in [0.5, 0.6) is 0 Å². The number of benzene rings is 2. The fraction of sp³-hybridized carbons (Fsp3) is 0.222. The maximum absolute atomic E-state index is 13.0. The lowest BCUT2D eigenvalue weighted by Gasteiger charge is -2.17. The monoisotopic (exact) mass is 313 g/mol. The van der Waals surface area contributed by atoms with Gasteiger partial charge in [0.2, 0.25) is 0 Å². The Morgan fingerprint density at radius 2 is 1.45 bits per heavy atom. The van der Waals surface area contributed by atoms with Gasteiger partial charge in [-0.1, -0.05) is 57.2 Å². The second kappa shape index (κ2) is 4.99. The lowest BCUT2D eigenvalue weighted by molar-refractivity contribution is 0.584. The molecule has 0 aliphatic carbocycles. The van der Waals surface area contributed by atoms with Crippen molar-refractivity contribution in [2.45, 2.75) is 31.1 Å². The van der Waals surface area contributed by atoms with Gasteiger partial charge in [-0.25, -0.2) is 12.4 Å². The first kappa shape index (κ1) is 14.9. The Labute approximate surface area is 131 Å². The van der Waals surface area contributed by atoms with Crippen LogP contribution in [0.2, 0.25) is 0 Å². The summed E-state index contributed by atoms with van der Waals surface area (Å²) >= 11 is 0. The lowest BCUT2D eigenvalue weighted by atomic mass is 9.87. The largest absolute Gasteiger partial charge is 0.268 e. The van der Waals surface area contributed by atoms with Crippen LogP contribution in [0, 0.1) is 0 Å². The van der Waals surface area contributed by atoms with Crippen molar-refractivity contribution in [2.75, 3.05) is 0 Å². The van der Waals surface area contributed by atoms with Crippen LogP contribution in [0.15, 0.2) is 65.7 Å². The highest BCUT2D eigenvalue weighted by Crippen LogP contribution is 2.33. The van der Waals surface area contributed by atoms with Crippen LogP contribution in [0.4, 0.5) is 0 Å². The van der Waals surface area contributed by atoms with Gasteiger partial charge in [0, 0.05) is 11.6 Å². The van der Waals surface area contributed by atoms with Gasteiger partial charge in [0.15, 0.2) is 0 Å². The summed E-state index contributed by atoms with van der Waals surface area (Å²) in [4.78, 5) is 0.302. The van der Waals surface area contributed by atoms with E-state index in [1.165, 1.54) is 3.97 Å². The fourth-order valence-corrected chi connectivity index (χ4v) is 4.04. The maximum Gasteiger partial charge on any atom is 0.268 e. The smallest absolute Gasteiger partial charge is 0.241 e. The summed E-state index contributed by atoms with van der Waals surface area (Å²) in [6.45, 7) is 6.27. The number of aromatic nitrogens is 1. The molecule has 1 aromatic heterocycles. The molecule has 0 spiro atoms. The molecule has 3 aromatic rings. The van der Waals surface area contributed by atoms with Gasteiger partial charge in [-0.3, -0.25) is 0 Å². The van der Waals surface area contributed by atoms with Crippen LogP contribution in [-0.2, 0) is 15.4 Å². The van der Waals surface area contributed by atoms with Crippen molar-refractivity contribution in [3.05, 3.63) is 66.4 Å². The minimum absolute atomic E-state index is 0.128. The second-order valence-corrected chi connectivity index (χ2v) is 8.24. The van der Waals surface area contributed by atoms with E-state index in [2.05, 4.69) is 20.8 Å². The molecule has 0 N–H and O–H groups in total. The molecule has 0 atom stereocenters. The van der Waals surface area contributed by atoms with Gasteiger partial charge >= 0.3 is 0 Å². The average Bonchev–Trinajstić information content (AvgIpc) is 2.88. The molecule has 0 aliphatic rings. The Hall–Kier alpha value is -2.07. The highest BCUT2D eigenvalue weighted by molar-refractivity contribution is 7.90. The van der Waals surface area contributed by atoms with E-state index in [1.54, 1.807) is 30.5 Å². The number of hydrogen-bond donors (Lipinski definition) is 0. The van der Waals surface area contributed by atoms with Crippen molar-refractivity contribution >= 4 is 20.9 Å². The van der Waals surface area contributed by atoms with E-state index in [0.717, 1.165) is 16.5 Å². The normalized spacial score (nSPS) is 12.7. The molecule has 114 valence electrons. The fourth-order valence-electron chi connectivity index (χ4n) is 2.65. The van der Waals surface area contributed by atoms with Crippen molar-refractivity contribution in [1.29, 1.82) is 0 Å². The Morgan fingerprint density at radius 3 is 2.09 bits per heavy atom. The van der Waals surface area contributed by atoms with Gasteiger partial charge in [0.25, 0.3) is 10.0 Å². The summed E-state index contributed by atoms with van der Waals surface area (Å²) in [7, 11) is -3.59. The molecular formula is C18H19NO2S. The number of fused-ring (bicyclic) bond motifs is 1. The first-order chi connectivity index (χ1) is 10.3. The average molecular weight is 313 g/mol. The Bertz CT molecular complexity index is 917. The number of para-hydroxylation sites is 1. The molecule has 22 heavy (non-hydrogen) atoms. The van der Waals surface area contributed by atoms with Gasteiger partial charge < -0.3 is 0 Å². The summed E-state index contributed by atoms with van der Waals surface area (Å²) < 4.78 is 27.3. The van der Waals surface area contributed by atoms with Gasteiger partial charge in [-0.05, 0) is 29.2 Å². The third-order valence-corrected chi connectivity index (χ3v) is 5.47. The standard InChI is InChI=1S/C18H19NO2S/c1-18(2,3)16-13-19(17-12-8-7-11-15(16)17)22(20,21)14-9-5-4-6-10-14/h4-13H,1-3H3. The highest BCUT2D eigenvalue weighted by Gasteiger charge is 2.25. The van der Waals surface area contributed by atoms with Crippen LogP contribution in [0.25, 0.3) is 10.9 Å². The summed E-state index contributed by atoms with van der Waals surface area (Å²) in [5.74, 6) is 0. The van der Waals surface area contributed by atoms with E-state index in [0.29, 0.717) is 4.90 Å². The molecule has 0 radical (unpaired) electrons. The molecule has 4 heteroatoms. The molecular weight excluding hydrogens is 294 g/mol. The zero-order valence-electron chi connectivity index (χ0n) is 12.9. The first-order valence-electron chi connectivity index (χ1n) is 7.23. The Balaban J connectivity index is 2.33. The third-order valence-electron chi connectivity index (χ3n) is 3.79. The van der Waals surface area contributed by atoms with Gasteiger partial charge in [-0.2, -0.15) is 0 Å². The zero-order valence-corrected chi connectivity index (χ0v) is 13.8. The van der Waals surface area contributed by atoms with E-state index in [4.69, 9.17) is 0 Å². The van der Waals surface area contributed by atoms with Gasteiger partial charge in [0.1, 0.15) is 0 Å². The topological polar surface area (TPSA) is 39.1 Å². The summed E-state index contributed by atoms with van der Waals surface area (Å²) in [5.41, 5.74) is 1.62. The summed E-state index contributed by atoms with van der Waals surface area (Å²) in [6, 6.07) is 16.2. The van der Waals surface area contributed by atoms with Crippen molar-refractivity contribution in [3.63, 3.8) is 0 Å². The van der Waals surface area contributed by atoms with Crippen LogP contribution >= 0.6 is 0 Å². The zero-order chi connectivity index (χ0) is 16.0. The molecule has 0 aliphatic heterocycles. The van der Waals surface area contributed by atoms with Gasteiger partial charge in [0.05, 0.1) is 10.4 Å². The Morgan fingerprint density at radius 1 is 0.864 bits per heavy atom. The van der Waals surface area contributed by atoms with Crippen molar-refractivity contribution in [3.8, 4) is 0 Å². The Kier molecular flexibility index (Phi) is 3.37. The molecule has 3 nitrogen and oxygen atoms in total. The van der Waals surface area contributed by atoms with E-state index < -0.39 is 10.0 Å². The van der Waals surface area contributed by atoms with Crippen LogP contribution in [0.3, 0.4) is 0 Å². The molecule has 0 amide bonds. The molecule has 0 fully saturated rings. The van der Waals surface area contributed by atoms with Crippen molar-refractivity contribution in [2.24, 2.45) is 0 Å².